The number of aliphatic carboxylic acids is 1. The largest absolute Gasteiger partial charge is 0.478 e. The Hall–Kier alpha value is -1.61. The van der Waals surface area contributed by atoms with Crippen LogP contribution in [-0.2, 0) is 4.79 Å². The summed E-state index contributed by atoms with van der Waals surface area (Å²) < 4.78 is 1.18. The van der Waals surface area contributed by atoms with Gasteiger partial charge in [-0.2, -0.15) is 0 Å². The van der Waals surface area contributed by atoms with E-state index >= 15 is 0 Å². The molecule has 14 heavy (non-hydrogen) atoms. The molecule has 0 unspecified atom stereocenters. The minimum atomic E-state index is -0.920. The van der Waals surface area contributed by atoms with Crippen molar-refractivity contribution in [2.24, 2.45) is 0 Å². The highest BCUT2D eigenvalue weighted by molar-refractivity contribution is 7.17. The first-order chi connectivity index (χ1) is 6.75. The van der Waals surface area contributed by atoms with Crippen LogP contribution in [0, 0.1) is 0 Å². The predicted molar refractivity (Wildman–Crippen MR) is 58.5 cm³/mol. The van der Waals surface area contributed by atoms with Crippen LogP contribution in [0.3, 0.4) is 0 Å². The molecule has 2 rings (SSSR count). The van der Waals surface area contributed by atoms with Crippen molar-refractivity contribution in [2.75, 3.05) is 0 Å². The summed E-state index contributed by atoms with van der Waals surface area (Å²) in [6.07, 6.45) is 2.75. The molecule has 0 aliphatic heterocycles. The van der Waals surface area contributed by atoms with Gasteiger partial charge in [0.05, 0.1) is 0 Å². The molecular weight excluding hydrogens is 196 g/mol. The third kappa shape index (κ3) is 1.83. The summed E-state index contributed by atoms with van der Waals surface area (Å²) in [5.74, 6) is -0.920. The Bertz CT molecular complexity index is 497. The van der Waals surface area contributed by atoms with Crippen LogP contribution in [-0.4, -0.2) is 11.1 Å². The van der Waals surface area contributed by atoms with Crippen molar-refractivity contribution in [3.8, 4) is 0 Å². The summed E-state index contributed by atoms with van der Waals surface area (Å²) in [6.45, 7) is 0. The molecule has 0 aliphatic rings. The van der Waals surface area contributed by atoms with E-state index in [1.165, 1.54) is 10.1 Å². The zero-order valence-corrected chi connectivity index (χ0v) is 8.12. The maximum atomic E-state index is 10.3. The number of carboxylic acid groups (broad SMARTS) is 1. The average molecular weight is 204 g/mol. The quantitative estimate of drug-likeness (QED) is 0.763. The van der Waals surface area contributed by atoms with Crippen molar-refractivity contribution in [1.82, 2.24) is 0 Å². The molecule has 0 fully saturated rings. The lowest BCUT2D eigenvalue weighted by atomic mass is 10.2. The summed E-state index contributed by atoms with van der Waals surface area (Å²) in [6, 6.07) is 7.94. The van der Waals surface area contributed by atoms with E-state index < -0.39 is 5.97 Å². The van der Waals surface area contributed by atoms with Gasteiger partial charge in [0.2, 0.25) is 0 Å². The maximum Gasteiger partial charge on any atom is 0.328 e. The molecule has 0 atom stereocenters. The normalized spacial score (nSPS) is 11.1. The molecule has 2 aromatic rings. The fourth-order valence-electron chi connectivity index (χ4n) is 1.24. The van der Waals surface area contributed by atoms with Crippen LogP contribution in [0.4, 0.5) is 0 Å². The zero-order valence-electron chi connectivity index (χ0n) is 7.31. The topological polar surface area (TPSA) is 37.3 Å². The summed E-state index contributed by atoms with van der Waals surface area (Å²) >= 11 is 1.65. The lowest BCUT2D eigenvalue weighted by Gasteiger charge is -1.92. The van der Waals surface area contributed by atoms with Crippen LogP contribution in [0.1, 0.15) is 5.56 Å². The minimum Gasteiger partial charge on any atom is -0.478 e. The second kappa shape index (κ2) is 3.64. The molecule has 1 aromatic heterocycles. The number of carboxylic acids is 1. The van der Waals surface area contributed by atoms with Gasteiger partial charge in [0.15, 0.2) is 0 Å². The zero-order chi connectivity index (χ0) is 9.97. The Morgan fingerprint density at radius 2 is 2.21 bits per heavy atom. The van der Waals surface area contributed by atoms with E-state index in [0.717, 1.165) is 11.6 Å². The first-order valence-corrected chi connectivity index (χ1v) is 5.02. The van der Waals surface area contributed by atoms with Gasteiger partial charge < -0.3 is 5.11 Å². The summed E-state index contributed by atoms with van der Waals surface area (Å²) in [5, 5.41) is 11.7. The Balaban J connectivity index is 2.39. The Kier molecular flexibility index (Phi) is 2.33. The van der Waals surface area contributed by atoms with Crippen molar-refractivity contribution in [3.05, 3.63) is 41.3 Å². The van der Waals surface area contributed by atoms with E-state index in [-0.39, 0.29) is 0 Å². The first-order valence-electron chi connectivity index (χ1n) is 4.14. The van der Waals surface area contributed by atoms with Crippen LogP contribution in [0.25, 0.3) is 16.2 Å². The highest BCUT2D eigenvalue weighted by Gasteiger charge is 1.95. The van der Waals surface area contributed by atoms with Crippen LogP contribution < -0.4 is 0 Å². The third-order valence-corrected chi connectivity index (χ3v) is 2.78. The van der Waals surface area contributed by atoms with Crippen LogP contribution in [0.5, 0.6) is 0 Å². The molecule has 1 heterocycles. The van der Waals surface area contributed by atoms with Crippen molar-refractivity contribution < 1.29 is 9.90 Å². The molecule has 0 saturated heterocycles. The number of hydrogen-bond acceptors (Lipinski definition) is 2. The van der Waals surface area contributed by atoms with Gasteiger partial charge >= 0.3 is 5.97 Å². The maximum absolute atomic E-state index is 10.3. The van der Waals surface area contributed by atoms with E-state index in [1.54, 1.807) is 17.4 Å². The highest BCUT2D eigenvalue weighted by Crippen LogP contribution is 2.22. The first kappa shape index (κ1) is 8.97. The number of carbonyl (C=O) groups is 1. The standard InChI is InChI=1S/C11H8O2S/c12-11(13)4-2-8-1-3-9-5-6-14-10(9)7-8/h1-7H,(H,12,13)/b4-2-. The fraction of sp³-hybridized carbons (Fsp3) is 0. The second-order valence-electron chi connectivity index (χ2n) is 2.89. The molecule has 0 saturated carbocycles. The molecule has 0 spiro atoms. The Morgan fingerprint density at radius 1 is 1.36 bits per heavy atom. The summed E-state index contributed by atoms with van der Waals surface area (Å²) in [5.41, 5.74) is 0.919. The van der Waals surface area contributed by atoms with E-state index in [1.807, 2.05) is 29.6 Å². The fourth-order valence-corrected chi connectivity index (χ4v) is 2.08. The van der Waals surface area contributed by atoms with Crippen molar-refractivity contribution >= 4 is 33.5 Å². The smallest absolute Gasteiger partial charge is 0.328 e. The van der Waals surface area contributed by atoms with Gasteiger partial charge in [0.25, 0.3) is 0 Å². The monoisotopic (exact) mass is 204 g/mol. The Labute approximate surface area is 85.1 Å². The highest BCUT2D eigenvalue weighted by atomic mass is 32.1. The predicted octanol–water partition coefficient (Wildman–Crippen LogP) is 3.00. The lowest BCUT2D eigenvalue weighted by Crippen LogP contribution is -1.85. The van der Waals surface area contributed by atoms with E-state index in [4.69, 9.17) is 5.11 Å². The SMILES string of the molecule is O=C(O)/C=C\c1ccc2ccsc2c1. The molecule has 0 radical (unpaired) electrons. The molecule has 1 N–H and O–H groups in total. The van der Waals surface area contributed by atoms with Crippen molar-refractivity contribution in [1.29, 1.82) is 0 Å². The van der Waals surface area contributed by atoms with Gasteiger partial charge in [0, 0.05) is 10.8 Å². The van der Waals surface area contributed by atoms with Crippen molar-refractivity contribution in [2.45, 2.75) is 0 Å². The van der Waals surface area contributed by atoms with Crippen LogP contribution >= 0.6 is 11.3 Å². The average Bonchev–Trinajstić information content (AvgIpc) is 2.61. The minimum absolute atomic E-state index is 0.919. The molecule has 3 heteroatoms. The molecule has 0 aliphatic carbocycles. The van der Waals surface area contributed by atoms with Crippen molar-refractivity contribution in [3.63, 3.8) is 0 Å². The van der Waals surface area contributed by atoms with Gasteiger partial charge in [-0.1, -0.05) is 12.1 Å². The molecule has 70 valence electrons. The van der Waals surface area contributed by atoms with Gasteiger partial charge in [-0.05, 0) is 34.5 Å². The lowest BCUT2D eigenvalue weighted by molar-refractivity contribution is -0.131. The second-order valence-corrected chi connectivity index (χ2v) is 3.84. The van der Waals surface area contributed by atoms with E-state index in [2.05, 4.69) is 0 Å². The summed E-state index contributed by atoms with van der Waals surface area (Å²) in [7, 11) is 0. The summed E-state index contributed by atoms with van der Waals surface area (Å²) in [4.78, 5) is 10.3. The van der Waals surface area contributed by atoms with Gasteiger partial charge in [-0.3, -0.25) is 0 Å². The van der Waals surface area contributed by atoms with E-state index in [0.29, 0.717) is 0 Å². The molecule has 0 amide bonds. The number of rotatable bonds is 2. The van der Waals surface area contributed by atoms with Crippen LogP contribution in [0.15, 0.2) is 35.7 Å². The number of thiophene rings is 1. The van der Waals surface area contributed by atoms with Gasteiger partial charge in [-0.15, -0.1) is 11.3 Å². The number of hydrogen-bond donors (Lipinski definition) is 1. The Morgan fingerprint density at radius 3 is 3.00 bits per heavy atom. The van der Waals surface area contributed by atoms with Gasteiger partial charge in [0.1, 0.15) is 0 Å². The molecule has 1 aromatic carbocycles. The molecular formula is C11H8O2S. The molecule has 2 nitrogen and oxygen atoms in total. The van der Waals surface area contributed by atoms with E-state index in [9.17, 15) is 4.79 Å². The third-order valence-electron chi connectivity index (χ3n) is 1.90. The molecule has 0 bridgehead atoms. The van der Waals surface area contributed by atoms with Crippen LogP contribution in [0.2, 0.25) is 0 Å². The van der Waals surface area contributed by atoms with Gasteiger partial charge in [-0.25, -0.2) is 4.79 Å². The number of benzene rings is 1. The number of fused-ring (bicyclic) bond motifs is 1.